The topological polar surface area (TPSA) is 29.1 Å². The van der Waals surface area contributed by atoms with Crippen LogP contribution in [0.5, 0.6) is 0 Å². The Hall–Kier alpha value is -0.440. The normalized spacial score (nSPS) is 28.1. The minimum Gasteiger partial charge on any atom is -0.355 e. The maximum Gasteiger partial charge on any atom is 0.230 e. The van der Waals surface area contributed by atoms with Gasteiger partial charge in [0, 0.05) is 6.54 Å². The number of allylic oxidation sites excluding steroid dienone is 1. The zero-order valence-electron chi connectivity index (χ0n) is 7.38. The minimum atomic E-state index is 0.154. The van der Waals surface area contributed by atoms with Gasteiger partial charge in [0.05, 0.1) is 5.75 Å². The molecule has 0 saturated carbocycles. The van der Waals surface area contributed by atoms with Crippen LogP contribution < -0.4 is 5.32 Å². The predicted octanol–water partition coefficient (Wildman–Crippen LogP) is 1.78. The lowest BCUT2D eigenvalue weighted by Crippen LogP contribution is -2.26. The quantitative estimate of drug-likeness (QED) is 0.674. The van der Waals surface area contributed by atoms with Gasteiger partial charge in [0.1, 0.15) is 0 Å². The first-order valence-electron chi connectivity index (χ1n) is 4.38. The van der Waals surface area contributed by atoms with Crippen LogP contribution >= 0.6 is 11.8 Å². The fraction of sp³-hybridized carbons (Fsp3) is 0.667. The number of nitrogens with one attached hydrogen (secondary N) is 1. The highest BCUT2D eigenvalue weighted by Crippen LogP contribution is 2.14. The summed E-state index contributed by atoms with van der Waals surface area (Å²) < 4.78 is 0. The Morgan fingerprint density at radius 1 is 1.75 bits per heavy atom. The average molecular weight is 185 g/mol. The first kappa shape index (κ1) is 9.65. The summed E-state index contributed by atoms with van der Waals surface area (Å²) in [6, 6.07) is 0. The monoisotopic (exact) mass is 185 g/mol. The van der Waals surface area contributed by atoms with Gasteiger partial charge >= 0.3 is 0 Å². The maximum atomic E-state index is 11.0. The first-order chi connectivity index (χ1) is 5.83. The van der Waals surface area contributed by atoms with Gasteiger partial charge in [-0.1, -0.05) is 13.0 Å². The first-order valence-corrected chi connectivity index (χ1v) is 5.42. The molecule has 0 fully saturated rings. The van der Waals surface area contributed by atoms with E-state index in [1.807, 2.05) is 0 Å². The summed E-state index contributed by atoms with van der Waals surface area (Å²) in [7, 11) is 0. The van der Waals surface area contributed by atoms with Gasteiger partial charge < -0.3 is 5.32 Å². The molecule has 1 amide bonds. The number of carbonyl (C=O) groups is 1. The second-order valence-electron chi connectivity index (χ2n) is 2.95. The van der Waals surface area contributed by atoms with Crippen LogP contribution in [0.4, 0.5) is 0 Å². The third kappa shape index (κ3) is 3.30. The lowest BCUT2D eigenvalue weighted by atomic mass is 10.0. The highest BCUT2D eigenvalue weighted by molar-refractivity contribution is 8.02. The van der Waals surface area contributed by atoms with Gasteiger partial charge in [0.2, 0.25) is 5.91 Å². The molecule has 2 nitrogen and oxygen atoms in total. The fourth-order valence-electron chi connectivity index (χ4n) is 1.17. The van der Waals surface area contributed by atoms with Crippen molar-refractivity contribution in [3.05, 3.63) is 11.5 Å². The maximum absolute atomic E-state index is 11.0. The van der Waals surface area contributed by atoms with E-state index in [1.54, 1.807) is 11.8 Å². The van der Waals surface area contributed by atoms with Gasteiger partial charge in [-0.15, -0.1) is 11.8 Å². The summed E-state index contributed by atoms with van der Waals surface area (Å²) in [6.07, 6.45) is 4.44. The number of rotatable bonds is 1. The minimum absolute atomic E-state index is 0.154. The number of carbonyl (C=O) groups excluding carboxylic acids is 1. The van der Waals surface area contributed by atoms with Crippen molar-refractivity contribution >= 4 is 17.7 Å². The molecule has 3 heteroatoms. The number of amides is 1. The molecule has 0 aromatic carbocycles. The Morgan fingerprint density at radius 2 is 2.58 bits per heavy atom. The smallest absolute Gasteiger partial charge is 0.230 e. The highest BCUT2D eigenvalue weighted by atomic mass is 32.2. The van der Waals surface area contributed by atoms with E-state index in [4.69, 9.17) is 0 Å². The Morgan fingerprint density at radius 3 is 3.33 bits per heavy atom. The van der Waals surface area contributed by atoms with Crippen molar-refractivity contribution in [2.45, 2.75) is 19.8 Å². The van der Waals surface area contributed by atoms with E-state index < -0.39 is 0 Å². The molecule has 0 aromatic rings. The molecule has 1 aliphatic rings. The van der Waals surface area contributed by atoms with Gasteiger partial charge in [-0.3, -0.25) is 4.79 Å². The van der Waals surface area contributed by atoms with Crippen molar-refractivity contribution in [1.29, 1.82) is 0 Å². The molecule has 0 saturated heterocycles. The third-order valence-electron chi connectivity index (χ3n) is 2.02. The fourth-order valence-corrected chi connectivity index (χ4v) is 1.86. The Kier molecular flexibility index (Phi) is 4.22. The summed E-state index contributed by atoms with van der Waals surface area (Å²) in [6.45, 7) is 3.00. The average Bonchev–Trinajstić information content (AvgIpc) is 2.17. The molecule has 0 bridgehead atoms. The second-order valence-corrected chi connectivity index (χ2v) is 3.84. The van der Waals surface area contributed by atoms with Crippen LogP contribution in [0.1, 0.15) is 19.8 Å². The number of hydrogen-bond acceptors (Lipinski definition) is 2. The SMILES string of the molecule is CCC1/C=C\SCC(=O)NCC1. The van der Waals surface area contributed by atoms with E-state index in [9.17, 15) is 4.79 Å². The van der Waals surface area contributed by atoms with E-state index >= 15 is 0 Å². The summed E-state index contributed by atoms with van der Waals surface area (Å²) in [5, 5.41) is 4.94. The van der Waals surface area contributed by atoms with E-state index in [0.717, 1.165) is 19.4 Å². The summed E-state index contributed by atoms with van der Waals surface area (Å²) in [4.78, 5) is 11.0. The zero-order chi connectivity index (χ0) is 8.81. The Bertz CT molecular complexity index is 179. The van der Waals surface area contributed by atoms with Crippen LogP contribution in [-0.4, -0.2) is 18.2 Å². The van der Waals surface area contributed by atoms with Crippen molar-refractivity contribution in [2.24, 2.45) is 5.92 Å². The van der Waals surface area contributed by atoms with Crippen molar-refractivity contribution in [3.8, 4) is 0 Å². The molecular weight excluding hydrogens is 170 g/mol. The van der Waals surface area contributed by atoms with Gasteiger partial charge in [-0.05, 0) is 24.2 Å². The lowest BCUT2D eigenvalue weighted by molar-refractivity contribution is -0.118. The molecule has 0 aromatic heterocycles. The summed E-state index contributed by atoms with van der Waals surface area (Å²) >= 11 is 1.58. The van der Waals surface area contributed by atoms with Crippen LogP contribution in [0.25, 0.3) is 0 Å². The van der Waals surface area contributed by atoms with Crippen LogP contribution in [0.15, 0.2) is 11.5 Å². The molecule has 1 N–H and O–H groups in total. The largest absolute Gasteiger partial charge is 0.355 e. The lowest BCUT2D eigenvalue weighted by Gasteiger charge is -2.08. The summed E-state index contributed by atoms with van der Waals surface area (Å²) in [5.74, 6) is 1.35. The molecular formula is C9H15NOS. The Balaban J connectivity index is 2.43. The zero-order valence-corrected chi connectivity index (χ0v) is 8.19. The molecule has 1 rings (SSSR count). The number of hydrogen-bond donors (Lipinski definition) is 1. The third-order valence-corrected chi connectivity index (χ3v) is 2.80. The van der Waals surface area contributed by atoms with Crippen molar-refractivity contribution in [2.75, 3.05) is 12.3 Å². The van der Waals surface area contributed by atoms with Gasteiger partial charge in [-0.25, -0.2) is 0 Å². The van der Waals surface area contributed by atoms with Gasteiger partial charge in [-0.2, -0.15) is 0 Å². The van der Waals surface area contributed by atoms with Crippen LogP contribution in [0.2, 0.25) is 0 Å². The standard InChI is InChI=1S/C9H15NOS/c1-2-8-3-5-10-9(11)7-12-6-4-8/h4,6,8H,2-3,5,7H2,1H3,(H,10,11)/b6-4-. The molecule has 1 heterocycles. The van der Waals surface area contributed by atoms with E-state index in [1.165, 1.54) is 0 Å². The molecule has 1 aliphatic heterocycles. The van der Waals surface area contributed by atoms with Gasteiger partial charge in [0.15, 0.2) is 0 Å². The summed E-state index contributed by atoms with van der Waals surface area (Å²) in [5.41, 5.74) is 0. The molecule has 1 atom stereocenters. The highest BCUT2D eigenvalue weighted by Gasteiger charge is 2.06. The Labute approximate surface area is 77.8 Å². The van der Waals surface area contributed by atoms with Crippen molar-refractivity contribution in [3.63, 3.8) is 0 Å². The predicted molar refractivity (Wildman–Crippen MR) is 53.0 cm³/mol. The van der Waals surface area contributed by atoms with E-state index in [2.05, 4.69) is 23.7 Å². The van der Waals surface area contributed by atoms with E-state index in [-0.39, 0.29) is 5.91 Å². The molecule has 0 aliphatic carbocycles. The van der Waals surface area contributed by atoms with E-state index in [0.29, 0.717) is 11.7 Å². The van der Waals surface area contributed by atoms with Crippen LogP contribution in [-0.2, 0) is 4.79 Å². The van der Waals surface area contributed by atoms with Crippen LogP contribution in [0.3, 0.4) is 0 Å². The van der Waals surface area contributed by atoms with Crippen LogP contribution in [0, 0.1) is 5.92 Å². The number of thioether (sulfide) groups is 1. The molecule has 0 radical (unpaired) electrons. The second kappa shape index (κ2) is 5.25. The molecule has 12 heavy (non-hydrogen) atoms. The van der Waals surface area contributed by atoms with Crippen molar-refractivity contribution < 1.29 is 4.79 Å². The molecule has 68 valence electrons. The van der Waals surface area contributed by atoms with Gasteiger partial charge in [0.25, 0.3) is 0 Å². The molecule has 0 spiro atoms. The molecule has 1 unspecified atom stereocenters. The van der Waals surface area contributed by atoms with Crippen molar-refractivity contribution in [1.82, 2.24) is 5.32 Å².